The molecule has 0 aliphatic carbocycles. The van der Waals surface area contributed by atoms with Crippen molar-refractivity contribution in [2.45, 2.75) is 11.7 Å². The van der Waals surface area contributed by atoms with E-state index in [0.29, 0.717) is 30.3 Å². The first-order valence-electron chi connectivity index (χ1n) is 9.44. The van der Waals surface area contributed by atoms with Crippen LogP contribution in [0.25, 0.3) is 11.4 Å². The van der Waals surface area contributed by atoms with E-state index in [1.54, 1.807) is 30.0 Å². The average molecular weight is 484 g/mol. The summed E-state index contributed by atoms with van der Waals surface area (Å²) < 4.78 is 23.2. The lowest BCUT2D eigenvalue weighted by molar-refractivity contribution is 0.343. The van der Waals surface area contributed by atoms with Crippen molar-refractivity contribution in [3.8, 4) is 17.1 Å². The molecule has 0 aliphatic rings. The Kier molecular flexibility index (Phi) is 6.81. The normalized spacial score (nSPS) is 10.9. The van der Waals surface area contributed by atoms with Gasteiger partial charge in [-0.25, -0.2) is 4.39 Å². The van der Waals surface area contributed by atoms with Crippen LogP contribution in [-0.2, 0) is 6.54 Å². The van der Waals surface area contributed by atoms with Crippen molar-refractivity contribution in [1.82, 2.24) is 14.8 Å². The summed E-state index contributed by atoms with van der Waals surface area (Å²) in [7, 11) is 0. The van der Waals surface area contributed by atoms with Crippen molar-refractivity contribution in [2.75, 3.05) is 12.4 Å². The van der Waals surface area contributed by atoms with Crippen LogP contribution in [0.4, 0.5) is 4.39 Å². The largest absolute Gasteiger partial charge is 0.493 e. The number of hydrogen-bond acceptors (Lipinski definition) is 4. The molecule has 0 N–H and O–H groups in total. The minimum atomic E-state index is -0.311. The number of thioether (sulfide) groups is 1. The van der Waals surface area contributed by atoms with Crippen LogP contribution >= 0.6 is 27.7 Å². The second-order valence-corrected chi connectivity index (χ2v) is 8.49. The van der Waals surface area contributed by atoms with Gasteiger partial charge in [-0.15, -0.1) is 10.2 Å². The molecule has 0 saturated heterocycles. The third kappa shape index (κ3) is 5.09. The standard InChI is InChI=1S/C23H19BrFN3OS/c24-18-10-12-19(13-11-18)29-14-15-30-23-27-26-22(20-8-4-5-9-21(20)25)28(23)16-17-6-2-1-3-7-17/h1-13H,14-16H2. The van der Waals surface area contributed by atoms with E-state index >= 15 is 0 Å². The van der Waals surface area contributed by atoms with Gasteiger partial charge in [0, 0.05) is 10.2 Å². The van der Waals surface area contributed by atoms with E-state index in [9.17, 15) is 4.39 Å². The SMILES string of the molecule is Fc1ccccc1-c1nnc(SCCOc2ccc(Br)cc2)n1Cc1ccccc1. The minimum Gasteiger partial charge on any atom is -0.493 e. The molecular weight excluding hydrogens is 465 g/mol. The number of benzene rings is 3. The number of rotatable bonds is 8. The second kappa shape index (κ2) is 9.91. The van der Waals surface area contributed by atoms with Gasteiger partial charge in [0.15, 0.2) is 11.0 Å². The molecule has 1 aromatic heterocycles. The monoisotopic (exact) mass is 483 g/mol. The summed E-state index contributed by atoms with van der Waals surface area (Å²) in [6.07, 6.45) is 0. The van der Waals surface area contributed by atoms with Crippen LogP contribution in [0.1, 0.15) is 5.56 Å². The molecule has 0 amide bonds. The number of ether oxygens (including phenoxy) is 1. The maximum Gasteiger partial charge on any atom is 0.191 e. The topological polar surface area (TPSA) is 39.9 Å². The van der Waals surface area contributed by atoms with E-state index in [-0.39, 0.29) is 5.82 Å². The van der Waals surface area contributed by atoms with E-state index in [1.807, 2.05) is 59.2 Å². The van der Waals surface area contributed by atoms with Gasteiger partial charge in [0.1, 0.15) is 11.6 Å². The number of hydrogen-bond donors (Lipinski definition) is 0. The first-order valence-corrected chi connectivity index (χ1v) is 11.2. The Hall–Kier alpha value is -2.64. The molecule has 1 heterocycles. The molecule has 0 radical (unpaired) electrons. The Bertz CT molecular complexity index is 1100. The fraction of sp³-hybridized carbons (Fsp3) is 0.130. The van der Waals surface area contributed by atoms with Gasteiger partial charge in [0.25, 0.3) is 0 Å². The summed E-state index contributed by atoms with van der Waals surface area (Å²) >= 11 is 4.96. The summed E-state index contributed by atoms with van der Waals surface area (Å²) in [4.78, 5) is 0. The molecule has 0 fully saturated rings. The molecule has 4 aromatic rings. The first-order chi connectivity index (χ1) is 14.7. The highest BCUT2D eigenvalue weighted by Crippen LogP contribution is 2.27. The van der Waals surface area contributed by atoms with E-state index in [1.165, 1.54) is 6.07 Å². The first kappa shape index (κ1) is 20.6. The Labute approximate surface area is 187 Å². The minimum absolute atomic E-state index is 0.311. The average Bonchev–Trinajstić information content (AvgIpc) is 3.16. The van der Waals surface area contributed by atoms with Crippen LogP contribution < -0.4 is 4.74 Å². The van der Waals surface area contributed by atoms with Gasteiger partial charge in [-0.3, -0.25) is 4.57 Å². The Morgan fingerprint density at radius 2 is 1.63 bits per heavy atom. The van der Waals surface area contributed by atoms with Crippen molar-refractivity contribution < 1.29 is 9.13 Å². The molecule has 0 bridgehead atoms. The lowest BCUT2D eigenvalue weighted by Gasteiger charge is -2.11. The summed E-state index contributed by atoms with van der Waals surface area (Å²) in [5.74, 6) is 1.72. The van der Waals surface area contributed by atoms with E-state index in [0.717, 1.165) is 20.9 Å². The Morgan fingerprint density at radius 1 is 0.900 bits per heavy atom. The fourth-order valence-electron chi connectivity index (χ4n) is 2.97. The molecule has 0 atom stereocenters. The molecule has 0 unspecified atom stereocenters. The third-order valence-electron chi connectivity index (χ3n) is 4.41. The lowest BCUT2D eigenvalue weighted by atomic mass is 10.2. The van der Waals surface area contributed by atoms with Gasteiger partial charge in [0.2, 0.25) is 0 Å². The Balaban J connectivity index is 1.51. The predicted molar refractivity (Wildman–Crippen MR) is 121 cm³/mol. The summed E-state index contributed by atoms with van der Waals surface area (Å²) in [6, 6.07) is 24.4. The van der Waals surface area contributed by atoms with Crippen molar-refractivity contribution in [3.63, 3.8) is 0 Å². The third-order valence-corrected chi connectivity index (χ3v) is 5.87. The van der Waals surface area contributed by atoms with Crippen LogP contribution in [0.3, 0.4) is 0 Å². The van der Waals surface area contributed by atoms with Crippen LogP contribution in [0.2, 0.25) is 0 Å². The Morgan fingerprint density at radius 3 is 2.40 bits per heavy atom. The molecule has 3 aromatic carbocycles. The van der Waals surface area contributed by atoms with Gasteiger partial charge >= 0.3 is 0 Å². The number of halogens is 2. The molecule has 30 heavy (non-hydrogen) atoms. The van der Waals surface area contributed by atoms with Crippen molar-refractivity contribution >= 4 is 27.7 Å². The zero-order chi connectivity index (χ0) is 20.8. The van der Waals surface area contributed by atoms with Gasteiger partial charge in [0.05, 0.1) is 18.7 Å². The molecular formula is C23H19BrFN3OS. The highest BCUT2D eigenvalue weighted by molar-refractivity contribution is 9.10. The highest BCUT2D eigenvalue weighted by Gasteiger charge is 2.17. The van der Waals surface area contributed by atoms with E-state index < -0.39 is 0 Å². The number of nitrogens with zero attached hydrogens (tertiary/aromatic N) is 3. The molecule has 0 saturated carbocycles. The highest BCUT2D eigenvalue weighted by atomic mass is 79.9. The smallest absolute Gasteiger partial charge is 0.191 e. The zero-order valence-electron chi connectivity index (χ0n) is 16.0. The maximum absolute atomic E-state index is 14.4. The van der Waals surface area contributed by atoms with Gasteiger partial charge < -0.3 is 4.74 Å². The van der Waals surface area contributed by atoms with Crippen molar-refractivity contribution in [1.29, 1.82) is 0 Å². The maximum atomic E-state index is 14.4. The lowest BCUT2D eigenvalue weighted by Crippen LogP contribution is -2.06. The van der Waals surface area contributed by atoms with Crippen LogP contribution in [0.15, 0.2) is 88.5 Å². The summed E-state index contributed by atoms with van der Waals surface area (Å²) in [5.41, 5.74) is 1.54. The zero-order valence-corrected chi connectivity index (χ0v) is 18.4. The summed E-state index contributed by atoms with van der Waals surface area (Å²) in [6.45, 7) is 1.09. The summed E-state index contributed by atoms with van der Waals surface area (Å²) in [5, 5.41) is 9.36. The predicted octanol–water partition coefficient (Wildman–Crippen LogP) is 6.07. The molecule has 7 heteroatoms. The van der Waals surface area contributed by atoms with Gasteiger partial charge in [-0.1, -0.05) is 70.2 Å². The quantitative estimate of drug-likeness (QED) is 0.225. The van der Waals surface area contributed by atoms with E-state index in [4.69, 9.17) is 4.74 Å². The fourth-order valence-corrected chi connectivity index (χ4v) is 3.99. The molecule has 4 nitrogen and oxygen atoms in total. The van der Waals surface area contributed by atoms with Crippen LogP contribution in [0.5, 0.6) is 5.75 Å². The molecule has 4 rings (SSSR count). The molecule has 152 valence electrons. The number of aromatic nitrogens is 3. The van der Waals surface area contributed by atoms with Gasteiger partial charge in [-0.05, 0) is 42.0 Å². The molecule has 0 aliphatic heterocycles. The van der Waals surface area contributed by atoms with Gasteiger partial charge in [-0.2, -0.15) is 0 Å². The molecule has 0 spiro atoms. The second-order valence-electron chi connectivity index (χ2n) is 6.51. The van der Waals surface area contributed by atoms with E-state index in [2.05, 4.69) is 26.1 Å². The van der Waals surface area contributed by atoms with Crippen LogP contribution in [0, 0.1) is 5.82 Å². The van der Waals surface area contributed by atoms with Crippen LogP contribution in [-0.4, -0.2) is 27.1 Å². The van der Waals surface area contributed by atoms with Crippen molar-refractivity contribution in [2.24, 2.45) is 0 Å². The van der Waals surface area contributed by atoms with Crippen molar-refractivity contribution in [3.05, 3.63) is 94.7 Å².